The van der Waals surface area contributed by atoms with Crippen molar-refractivity contribution in [2.75, 3.05) is 0 Å². The molecule has 0 aliphatic rings. The molecule has 0 amide bonds. The fraction of sp³-hybridized carbons (Fsp3) is 0.118. The Kier molecular flexibility index (Phi) is 4.97. The molecule has 22 heavy (non-hydrogen) atoms. The Morgan fingerprint density at radius 2 is 1.91 bits per heavy atom. The predicted molar refractivity (Wildman–Crippen MR) is 83.9 cm³/mol. The van der Waals surface area contributed by atoms with Crippen molar-refractivity contribution < 1.29 is 13.2 Å². The maximum Gasteiger partial charge on any atom is 0.200 e. The first-order valence-corrected chi connectivity index (χ1v) is 8.16. The van der Waals surface area contributed by atoms with Crippen LogP contribution in [-0.2, 0) is 16.4 Å². The SMILES string of the molecule is Cc1cc(S(=O)(=O)/C=C/C#N)ccc1OCc1ccccc1. The first-order valence-electron chi connectivity index (χ1n) is 6.61. The van der Waals surface area contributed by atoms with Gasteiger partial charge in [0, 0.05) is 11.5 Å². The first-order chi connectivity index (χ1) is 10.5. The van der Waals surface area contributed by atoms with Crippen LogP contribution in [0.15, 0.2) is 64.9 Å². The summed E-state index contributed by atoms with van der Waals surface area (Å²) in [5, 5.41) is 9.33. The molecule has 2 aromatic rings. The summed E-state index contributed by atoms with van der Waals surface area (Å²) in [5.74, 6) is 0.632. The van der Waals surface area contributed by atoms with Crippen LogP contribution in [0.2, 0.25) is 0 Å². The van der Waals surface area contributed by atoms with E-state index in [0.29, 0.717) is 12.4 Å². The molecule has 112 valence electrons. The van der Waals surface area contributed by atoms with Crippen LogP contribution in [0.25, 0.3) is 0 Å². The highest BCUT2D eigenvalue weighted by Crippen LogP contribution is 2.23. The van der Waals surface area contributed by atoms with Crippen LogP contribution in [0.3, 0.4) is 0 Å². The Hall–Kier alpha value is -2.58. The minimum Gasteiger partial charge on any atom is -0.489 e. The largest absolute Gasteiger partial charge is 0.489 e. The molecule has 4 nitrogen and oxygen atoms in total. The monoisotopic (exact) mass is 313 g/mol. The summed E-state index contributed by atoms with van der Waals surface area (Å²) < 4.78 is 29.6. The standard InChI is InChI=1S/C17H15NO3S/c1-14-12-16(22(19,20)11-5-10-18)8-9-17(14)21-13-15-6-3-2-4-7-15/h2-9,11-12H,13H2,1H3/b11-5+. The second kappa shape index (κ2) is 6.92. The highest BCUT2D eigenvalue weighted by Gasteiger charge is 2.12. The van der Waals surface area contributed by atoms with Crippen LogP contribution in [0.4, 0.5) is 0 Å². The van der Waals surface area contributed by atoms with E-state index in [9.17, 15) is 8.42 Å². The lowest BCUT2D eigenvalue weighted by molar-refractivity contribution is 0.304. The molecule has 0 fully saturated rings. The van der Waals surface area contributed by atoms with Crippen LogP contribution >= 0.6 is 0 Å². The van der Waals surface area contributed by atoms with Crippen molar-refractivity contribution in [2.24, 2.45) is 0 Å². The van der Waals surface area contributed by atoms with Crippen molar-refractivity contribution in [2.45, 2.75) is 18.4 Å². The minimum absolute atomic E-state index is 0.142. The van der Waals surface area contributed by atoms with Crippen LogP contribution in [-0.4, -0.2) is 8.42 Å². The van der Waals surface area contributed by atoms with E-state index < -0.39 is 9.84 Å². The third-order valence-electron chi connectivity index (χ3n) is 3.03. The van der Waals surface area contributed by atoms with E-state index in [1.165, 1.54) is 12.1 Å². The van der Waals surface area contributed by atoms with Crippen LogP contribution in [0, 0.1) is 18.3 Å². The van der Waals surface area contributed by atoms with Gasteiger partial charge >= 0.3 is 0 Å². The van der Waals surface area contributed by atoms with Crippen molar-refractivity contribution in [3.05, 3.63) is 71.1 Å². The van der Waals surface area contributed by atoms with E-state index in [0.717, 1.165) is 22.6 Å². The van der Waals surface area contributed by atoms with Gasteiger partial charge < -0.3 is 4.74 Å². The summed E-state index contributed by atoms with van der Waals surface area (Å²) in [6.07, 6.45) is 0.949. The van der Waals surface area contributed by atoms with Gasteiger partial charge in [-0.25, -0.2) is 8.42 Å². The average molecular weight is 313 g/mol. The highest BCUT2D eigenvalue weighted by molar-refractivity contribution is 7.94. The van der Waals surface area contributed by atoms with Gasteiger partial charge in [-0.05, 0) is 36.2 Å². The van der Waals surface area contributed by atoms with Gasteiger partial charge in [-0.1, -0.05) is 30.3 Å². The van der Waals surface area contributed by atoms with Crippen molar-refractivity contribution >= 4 is 9.84 Å². The number of ether oxygens (including phenoxy) is 1. The molecule has 0 radical (unpaired) electrons. The number of benzene rings is 2. The zero-order valence-electron chi connectivity index (χ0n) is 12.1. The number of nitrogens with zero attached hydrogens (tertiary/aromatic N) is 1. The van der Waals surface area contributed by atoms with E-state index in [1.807, 2.05) is 30.3 Å². The van der Waals surface area contributed by atoms with Gasteiger partial charge in [0.25, 0.3) is 0 Å². The number of nitriles is 1. The molecule has 0 aliphatic carbocycles. The van der Waals surface area contributed by atoms with E-state index >= 15 is 0 Å². The molecule has 2 rings (SSSR count). The van der Waals surface area contributed by atoms with Gasteiger partial charge in [0.05, 0.1) is 11.0 Å². The average Bonchev–Trinajstić information content (AvgIpc) is 2.52. The number of rotatable bonds is 5. The molecular formula is C17H15NO3S. The fourth-order valence-corrected chi connectivity index (χ4v) is 2.89. The van der Waals surface area contributed by atoms with Crippen molar-refractivity contribution in [1.82, 2.24) is 0 Å². The van der Waals surface area contributed by atoms with Crippen LogP contribution < -0.4 is 4.74 Å². The molecule has 0 heterocycles. The van der Waals surface area contributed by atoms with E-state index in [-0.39, 0.29) is 4.90 Å². The molecule has 0 aromatic heterocycles. The lowest BCUT2D eigenvalue weighted by Crippen LogP contribution is -2.00. The molecule has 0 N–H and O–H groups in total. The Bertz CT molecular complexity index is 819. The smallest absolute Gasteiger partial charge is 0.200 e. The quantitative estimate of drug-likeness (QED) is 0.794. The fourth-order valence-electron chi connectivity index (χ4n) is 1.89. The summed E-state index contributed by atoms with van der Waals surface area (Å²) >= 11 is 0. The van der Waals surface area contributed by atoms with Crippen LogP contribution in [0.5, 0.6) is 5.75 Å². The molecule has 5 heteroatoms. The van der Waals surface area contributed by atoms with Crippen LogP contribution in [0.1, 0.15) is 11.1 Å². The summed E-state index contributed by atoms with van der Waals surface area (Å²) in [6, 6.07) is 16.0. The first kappa shape index (κ1) is 15.8. The minimum atomic E-state index is -3.59. The number of hydrogen-bond acceptors (Lipinski definition) is 4. The molecule has 0 unspecified atom stereocenters. The van der Waals surface area contributed by atoms with Gasteiger partial charge in [0.1, 0.15) is 12.4 Å². The molecule has 0 saturated heterocycles. The summed E-state index contributed by atoms with van der Waals surface area (Å²) in [4.78, 5) is 0.142. The van der Waals surface area contributed by atoms with Crippen molar-refractivity contribution in [3.8, 4) is 11.8 Å². The molecule has 0 spiro atoms. The maximum atomic E-state index is 12.0. The molecule has 0 saturated carbocycles. The van der Waals surface area contributed by atoms with Gasteiger partial charge in [-0.2, -0.15) is 5.26 Å². The normalized spacial score (nSPS) is 11.3. The van der Waals surface area contributed by atoms with Gasteiger partial charge in [0.15, 0.2) is 0 Å². The second-order valence-electron chi connectivity index (χ2n) is 4.68. The Labute approximate surface area is 130 Å². The zero-order valence-corrected chi connectivity index (χ0v) is 12.9. The Morgan fingerprint density at radius 3 is 2.55 bits per heavy atom. The van der Waals surface area contributed by atoms with Gasteiger partial charge in [-0.3, -0.25) is 0 Å². The predicted octanol–water partition coefficient (Wildman–Crippen LogP) is 3.39. The number of sulfone groups is 1. The lowest BCUT2D eigenvalue weighted by Gasteiger charge is -2.10. The van der Waals surface area contributed by atoms with Gasteiger partial charge in [-0.15, -0.1) is 0 Å². The van der Waals surface area contributed by atoms with E-state index in [2.05, 4.69) is 0 Å². The van der Waals surface area contributed by atoms with Gasteiger partial charge in [0.2, 0.25) is 9.84 Å². The van der Waals surface area contributed by atoms with Crippen molar-refractivity contribution in [1.29, 1.82) is 5.26 Å². The summed E-state index contributed by atoms with van der Waals surface area (Å²) in [6.45, 7) is 2.20. The van der Waals surface area contributed by atoms with Crippen molar-refractivity contribution in [3.63, 3.8) is 0 Å². The third kappa shape index (κ3) is 3.96. The molecule has 2 aromatic carbocycles. The summed E-state index contributed by atoms with van der Waals surface area (Å²) in [5.41, 5.74) is 1.76. The second-order valence-corrected chi connectivity index (χ2v) is 6.51. The number of hydrogen-bond donors (Lipinski definition) is 0. The molecular weight excluding hydrogens is 298 g/mol. The van der Waals surface area contributed by atoms with E-state index in [4.69, 9.17) is 10.00 Å². The topological polar surface area (TPSA) is 67.2 Å². The Morgan fingerprint density at radius 1 is 1.18 bits per heavy atom. The zero-order chi connectivity index (χ0) is 16.0. The van der Waals surface area contributed by atoms with E-state index in [1.54, 1.807) is 19.1 Å². The number of allylic oxidation sites excluding steroid dienone is 1. The lowest BCUT2D eigenvalue weighted by atomic mass is 10.2. The molecule has 0 atom stereocenters. The third-order valence-corrected chi connectivity index (χ3v) is 4.44. The Balaban J connectivity index is 2.17. The molecule has 0 bridgehead atoms. The summed E-state index contributed by atoms with van der Waals surface area (Å²) in [7, 11) is -3.59. The maximum absolute atomic E-state index is 12.0. The highest BCUT2D eigenvalue weighted by atomic mass is 32.2. The number of aryl methyl sites for hydroxylation is 1. The molecule has 0 aliphatic heterocycles.